The van der Waals surface area contributed by atoms with Crippen molar-refractivity contribution in [1.82, 2.24) is 10.3 Å². The smallest absolute Gasteiger partial charge is 0.353 e. The number of carbonyl (C=O) groups excluding carboxylic acids is 1. The van der Waals surface area contributed by atoms with Gasteiger partial charge < -0.3 is 10.2 Å². The number of aromatic carboxylic acids is 2. The molecule has 1 amide bonds. The first-order valence-electron chi connectivity index (χ1n) is 8.07. The third-order valence-electron chi connectivity index (χ3n) is 5.09. The second-order valence-electron chi connectivity index (χ2n) is 7.43. The van der Waals surface area contributed by atoms with Gasteiger partial charge in [0.1, 0.15) is 11.4 Å². The van der Waals surface area contributed by atoms with Gasteiger partial charge in [-0.3, -0.25) is 9.36 Å². The van der Waals surface area contributed by atoms with E-state index in [1.165, 1.54) is 6.92 Å². The zero-order valence-electron chi connectivity index (χ0n) is 14.6. The Bertz CT molecular complexity index is 943. The Morgan fingerprint density at radius 1 is 0.962 bits per heavy atom. The van der Waals surface area contributed by atoms with E-state index in [0.717, 1.165) is 4.57 Å². The molecule has 2 N–H and O–H groups in total. The molecule has 1 aliphatic carbocycles. The van der Waals surface area contributed by atoms with Gasteiger partial charge in [0.15, 0.2) is 0 Å². The quantitative estimate of drug-likeness (QED) is 0.874. The fraction of sp³-hybridized carbons (Fsp3) is 0.316. The van der Waals surface area contributed by atoms with Gasteiger partial charge in [-0.1, -0.05) is 32.0 Å². The SMILES string of the molecule is CC1(C)CC(C)(C([N])=O)c2c1c(C(=O)O)n(-c1ccccc1)c2C(=O)O. The van der Waals surface area contributed by atoms with E-state index in [2.05, 4.69) is 0 Å². The topological polar surface area (TPSA) is 119 Å². The van der Waals surface area contributed by atoms with E-state index >= 15 is 0 Å². The van der Waals surface area contributed by atoms with E-state index in [-0.39, 0.29) is 28.9 Å². The van der Waals surface area contributed by atoms with Crippen LogP contribution in [0.3, 0.4) is 0 Å². The summed E-state index contributed by atoms with van der Waals surface area (Å²) in [5, 5.41) is 19.7. The lowest BCUT2D eigenvalue weighted by atomic mass is 9.78. The van der Waals surface area contributed by atoms with Gasteiger partial charge in [0.25, 0.3) is 5.91 Å². The molecule has 1 aromatic heterocycles. The van der Waals surface area contributed by atoms with E-state index in [1.54, 1.807) is 44.2 Å². The Labute approximate surface area is 150 Å². The number of para-hydroxylation sites is 1. The maximum atomic E-state index is 12.1. The average Bonchev–Trinajstić information content (AvgIpc) is 3.01. The van der Waals surface area contributed by atoms with Crippen LogP contribution in [-0.2, 0) is 15.6 Å². The van der Waals surface area contributed by atoms with Crippen LogP contribution < -0.4 is 5.73 Å². The second kappa shape index (κ2) is 5.45. The second-order valence-corrected chi connectivity index (χ2v) is 7.43. The van der Waals surface area contributed by atoms with Gasteiger partial charge in [-0.05, 0) is 36.5 Å². The van der Waals surface area contributed by atoms with Gasteiger partial charge in [0.05, 0.1) is 5.41 Å². The molecule has 0 saturated carbocycles. The van der Waals surface area contributed by atoms with E-state index in [1.807, 2.05) is 0 Å². The molecule has 1 unspecified atom stereocenters. The number of hydrogen-bond donors (Lipinski definition) is 2. The standard InChI is InChI=1S/C19H18N2O5/c1-18(2)9-19(3,17(20)26)12-11(18)13(15(22)23)21(14(12)16(24)25)10-7-5-4-6-8-10/h4-8H,9H2,1-3H3,(H,22,23)(H,24,25). The molecule has 1 aliphatic rings. The van der Waals surface area contributed by atoms with Crippen molar-refractivity contribution in [3.8, 4) is 5.69 Å². The van der Waals surface area contributed by atoms with Crippen LogP contribution in [0.2, 0.25) is 0 Å². The van der Waals surface area contributed by atoms with Crippen molar-refractivity contribution in [1.29, 1.82) is 0 Å². The maximum Gasteiger partial charge on any atom is 0.353 e. The highest BCUT2D eigenvalue weighted by Crippen LogP contribution is 2.54. The molecule has 1 heterocycles. The van der Waals surface area contributed by atoms with Crippen molar-refractivity contribution in [3.63, 3.8) is 0 Å². The third kappa shape index (κ3) is 2.23. The highest BCUT2D eigenvalue weighted by molar-refractivity contribution is 6.01. The molecule has 134 valence electrons. The van der Waals surface area contributed by atoms with E-state index in [4.69, 9.17) is 0 Å². The van der Waals surface area contributed by atoms with Gasteiger partial charge in [0, 0.05) is 11.3 Å². The van der Waals surface area contributed by atoms with Gasteiger partial charge in [-0.25, -0.2) is 9.59 Å². The van der Waals surface area contributed by atoms with E-state index in [0.29, 0.717) is 5.69 Å². The van der Waals surface area contributed by atoms with Gasteiger partial charge in [-0.15, -0.1) is 5.73 Å². The van der Waals surface area contributed by atoms with Crippen LogP contribution in [0.5, 0.6) is 0 Å². The number of carbonyl (C=O) groups is 3. The summed E-state index contributed by atoms with van der Waals surface area (Å²) in [6.07, 6.45) is 0.121. The number of hydrogen-bond acceptors (Lipinski definition) is 3. The minimum absolute atomic E-state index is 0.0729. The number of carboxylic acid groups (broad SMARTS) is 2. The Morgan fingerprint density at radius 3 is 1.92 bits per heavy atom. The summed E-state index contributed by atoms with van der Waals surface area (Å²) in [6.45, 7) is 4.94. The van der Waals surface area contributed by atoms with Crippen molar-refractivity contribution < 1.29 is 24.6 Å². The Kier molecular flexibility index (Phi) is 3.72. The largest absolute Gasteiger partial charge is 0.477 e. The first-order valence-corrected chi connectivity index (χ1v) is 8.07. The number of fused-ring (bicyclic) bond motifs is 1. The molecule has 0 spiro atoms. The molecule has 7 heteroatoms. The monoisotopic (exact) mass is 354 g/mol. The van der Waals surface area contributed by atoms with Crippen LogP contribution in [0.15, 0.2) is 30.3 Å². The zero-order chi connectivity index (χ0) is 19.4. The summed E-state index contributed by atoms with van der Waals surface area (Å²) >= 11 is 0. The van der Waals surface area contributed by atoms with E-state index in [9.17, 15) is 30.3 Å². The van der Waals surface area contributed by atoms with Crippen LogP contribution in [0.1, 0.15) is 59.3 Å². The molecular weight excluding hydrogens is 336 g/mol. The lowest BCUT2D eigenvalue weighted by molar-refractivity contribution is -0.123. The number of nitrogens with zero attached hydrogens (tertiary/aromatic N) is 2. The molecule has 26 heavy (non-hydrogen) atoms. The number of aromatic nitrogens is 1. The zero-order valence-corrected chi connectivity index (χ0v) is 14.6. The van der Waals surface area contributed by atoms with Gasteiger partial charge >= 0.3 is 11.9 Å². The molecule has 3 rings (SSSR count). The molecule has 2 radical (unpaired) electrons. The highest BCUT2D eigenvalue weighted by Gasteiger charge is 2.55. The maximum absolute atomic E-state index is 12.1. The van der Waals surface area contributed by atoms with Crippen LogP contribution in [0.25, 0.3) is 5.69 Å². The molecular formula is C19H18N2O5. The Balaban J connectivity index is 2.56. The minimum Gasteiger partial charge on any atom is -0.477 e. The van der Waals surface area contributed by atoms with Crippen LogP contribution in [0, 0.1) is 0 Å². The molecule has 2 aromatic rings. The summed E-state index contributed by atoms with van der Waals surface area (Å²) in [5.41, 5.74) is 7.73. The first-order chi connectivity index (χ1) is 12.0. The lowest BCUT2D eigenvalue weighted by Gasteiger charge is -2.26. The van der Waals surface area contributed by atoms with Gasteiger partial charge in [-0.2, -0.15) is 0 Å². The molecule has 0 fully saturated rings. The summed E-state index contributed by atoms with van der Waals surface area (Å²) in [5.74, 6) is -3.82. The number of rotatable bonds is 4. The molecule has 0 bridgehead atoms. The number of carboxylic acids is 2. The van der Waals surface area contributed by atoms with Crippen molar-refractivity contribution >= 4 is 17.8 Å². The van der Waals surface area contributed by atoms with Crippen LogP contribution >= 0.6 is 0 Å². The number of amides is 1. The molecule has 7 nitrogen and oxygen atoms in total. The highest BCUT2D eigenvalue weighted by atomic mass is 16.4. The molecule has 1 atom stereocenters. The fourth-order valence-corrected chi connectivity index (χ4v) is 4.25. The molecule has 0 aliphatic heterocycles. The fourth-order valence-electron chi connectivity index (χ4n) is 4.25. The average molecular weight is 354 g/mol. The number of benzene rings is 1. The summed E-state index contributed by atoms with van der Waals surface area (Å²) < 4.78 is 1.15. The predicted molar refractivity (Wildman–Crippen MR) is 91.8 cm³/mol. The summed E-state index contributed by atoms with van der Waals surface area (Å²) in [7, 11) is 0. The summed E-state index contributed by atoms with van der Waals surface area (Å²) in [6, 6.07) is 8.25. The van der Waals surface area contributed by atoms with Crippen molar-refractivity contribution in [3.05, 3.63) is 52.8 Å². The van der Waals surface area contributed by atoms with Crippen molar-refractivity contribution in [2.24, 2.45) is 0 Å². The Hall–Kier alpha value is -3.09. The third-order valence-corrected chi connectivity index (χ3v) is 5.09. The van der Waals surface area contributed by atoms with Crippen LogP contribution in [-0.4, -0.2) is 32.6 Å². The lowest BCUT2D eigenvalue weighted by Crippen LogP contribution is -2.35. The minimum atomic E-state index is -1.49. The predicted octanol–water partition coefficient (Wildman–Crippen LogP) is 2.41. The molecule has 0 saturated heterocycles. The normalized spacial score (nSPS) is 20.6. The van der Waals surface area contributed by atoms with Crippen molar-refractivity contribution in [2.75, 3.05) is 0 Å². The van der Waals surface area contributed by atoms with Crippen molar-refractivity contribution in [2.45, 2.75) is 38.0 Å². The Morgan fingerprint density at radius 2 is 1.46 bits per heavy atom. The summed E-state index contributed by atoms with van der Waals surface area (Å²) in [4.78, 5) is 36.2. The first kappa shape index (κ1) is 17.7. The van der Waals surface area contributed by atoms with E-state index < -0.39 is 28.7 Å². The van der Waals surface area contributed by atoms with Gasteiger partial charge in [0.2, 0.25) is 0 Å². The van der Waals surface area contributed by atoms with Crippen LogP contribution in [0.4, 0.5) is 0 Å². The molecule has 1 aromatic carbocycles.